The Kier molecular flexibility index (Phi) is 6.39. The van der Waals surface area contributed by atoms with Gasteiger partial charge in [0.1, 0.15) is 5.84 Å². The van der Waals surface area contributed by atoms with E-state index in [4.69, 9.17) is 16.1 Å². The number of hydrogen-bond donors (Lipinski definition) is 4. The van der Waals surface area contributed by atoms with Crippen molar-refractivity contribution in [2.24, 2.45) is 21.7 Å². The summed E-state index contributed by atoms with van der Waals surface area (Å²) in [4.78, 5) is 9.23. The standard InChI is InChI=1S/C18H32N8/c1-6-9-22-16-24-15(21-10-7-8-19)23-14(26(16)20)13-11-17(2,3)25-18(4,5)12-13/h6,13,16,22,25H,1,7,9-12,20H2,2-5H3,(H,21,24). The highest BCUT2D eigenvalue weighted by molar-refractivity contribution is 5.98. The predicted octanol–water partition coefficient (Wildman–Crippen LogP) is 1.05. The Bertz CT molecular complexity index is 597. The van der Waals surface area contributed by atoms with Gasteiger partial charge in [-0.15, -0.1) is 6.58 Å². The number of hydrazine groups is 1. The van der Waals surface area contributed by atoms with Crippen molar-refractivity contribution in [1.29, 1.82) is 5.26 Å². The number of rotatable bonds is 6. The molecule has 0 aromatic rings. The van der Waals surface area contributed by atoms with E-state index in [2.05, 4.69) is 61.3 Å². The molecule has 8 nitrogen and oxygen atoms in total. The number of piperidine rings is 1. The van der Waals surface area contributed by atoms with E-state index in [-0.39, 0.29) is 17.0 Å². The van der Waals surface area contributed by atoms with Crippen LogP contribution in [0.2, 0.25) is 0 Å². The third-order valence-electron chi connectivity index (χ3n) is 4.51. The van der Waals surface area contributed by atoms with Crippen LogP contribution in [0.15, 0.2) is 22.6 Å². The SMILES string of the molecule is C=CCNC1N=C(NCCC#N)N=C(C2CC(C)(C)NC(C)(C)C2)N1N. The summed E-state index contributed by atoms with van der Waals surface area (Å²) in [5.41, 5.74) is -0.0222. The van der Waals surface area contributed by atoms with E-state index in [1.165, 1.54) is 0 Å². The first kappa shape index (κ1) is 20.4. The number of nitriles is 1. The Morgan fingerprint density at radius 3 is 2.62 bits per heavy atom. The third kappa shape index (κ3) is 5.27. The van der Waals surface area contributed by atoms with Crippen molar-refractivity contribution in [3.8, 4) is 6.07 Å². The number of guanidine groups is 1. The first-order valence-corrected chi connectivity index (χ1v) is 9.12. The topological polar surface area (TPSA) is 114 Å². The van der Waals surface area contributed by atoms with Gasteiger partial charge < -0.3 is 10.6 Å². The molecule has 2 aliphatic heterocycles. The van der Waals surface area contributed by atoms with Crippen molar-refractivity contribution >= 4 is 11.8 Å². The molecule has 0 aliphatic carbocycles. The molecule has 0 aromatic heterocycles. The van der Waals surface area contributed by atoms with Crippen LogP contribution < -0.4 is 21.8 Å². The van der Waals surface area contributed by atoms with E-state index in [1.54, 1.807) is 11.1 Å². The van der Waals surface area contributed by atoms with Gasteiger partial charge in [-0.25, -0.2) is 10.8 Å². The lowest BCUT2D eigenvalue weighted by molar-refractivity contribution is 0.144. The Morgan fingerprint density at radius 1 is 1.38 bits per heavy atom. The molecule has 144 valence electrons. The lowest BCUT2D eigenvalue weighted by Gasteiger charge is -2.48. The molecule has 1 saturated heterocycles. The average Bonchev–Trinajstić information content (AvgIpc) is 2.52. The van der Waals surface area contributed by atoms with Gasteiger partial charge in [-0.2, -0.15) is 10.3 Å². The van der Waals surface area contributed by atoms with E-state index in [0.717, 1.165) is 18.7 Å². The number of aliphatic imine (C=N–C) groups is 2. The summed E-state index contributed by atoms with van der Waals surface area (Å²) in [5.74, 6) is 7.94. The maximum atomic E-state index is 8.75. The Balaban J connectivity index is 2.26. The fourth-order valence-corrected chi connectivity index (χ4v) is 3.95. The van der Waals surface area contributed by atoms with Gasteiger partial charge in [-0.1, -0.05) is 6.08 Å². The minimum absolute atomic E-state index is 0.0111. The molecule has 1 fully saturated rings. The monoisotopic (exact) mass is 360 g/mol. The van der Waals surface area contributed by atoms with E-state index in [0.29, 0.717) is 25.5 Å². The Morgan fingerprint density at radius 2 is 2.04 bits per heavy atom. The molecular weight excluding hydrogens is 328 g/mol. The van der Waals surface area contributed by atoms with Crippen LogP contribution in [-0.2, 0) is 0 Å². The molecular formula is C18H32N8. The number of nitrogens with two attached hydrogens (primary N) is 1. The molecule has 0 radical (unpaired) electrons. The maximum absolute atomic E-state index is 8.75. The van der Waals surface area contributed by atoms with Gasteiger partial charge in [0.05, 0.1) is 12.5 Å². The fraction of sp³-hybridized carbons (Fsp3) is 0.722. The van der Waals surface area contributed by atoms with E-state index >= 15 is 0 Å². The van der Waals surface area contributed by atoms with Crippen LogP contribution in [0.4, 0.5) is 0 Å². The molecule has 2 aliphatic rings. The van der Waals surface area contributed by atoms with Crippen LogP contribution in [0.5, 0.6) is 0 Å². The van der Waals surface area contributed by atoms with Crippen LogP contribution in [-0.4, -0.2) is 47.3 Å². The number of hydrogen-bond acceptors (Lipinski definition) is 8. The van der Waals surface area contributed by atoms with Crippen molar-refractivity contribution in [3.05, 3.63) is 12.7 Å². The molecule has 2 heterocycles. The highest BCUT2D eigenvalue weighted by Gasteiger charge is 2.42. The normalized spacial score (nSPS) is 25.1. The first-order chi connectivity index (χ1) is 12.2. The molecule has 0 amide bonds. The molecule has 5 N–H and O–H groups in total. The molecule has 2 rings (SSSR count). The Hall–Kier alpha value is -1.95. The van der Waals surface area contributed by atoms with Crippen molar-refractivity contribution in [2.75, 3.05) is 13.1 Å². The molecule has 1 unspecified atom stereocenters. The predicted molar refractivity (Wildman–Crippen MR) is 105 cm³/mol. The summed E-state index contributed by atoms with van der Waals surface area (Å²) >= 11 is 0. The van der Waals surface area contributed by atoms with E-state index in [1.807, 2.05) is 0 Å². The molecule has 0 aromatic carbocycles. The summed E-state index contributed by atoms with van der Waals surface area (Å²) in [7, 11) is 0. The third-order valence-corrected chi connectivity index (χ3v) is 4.51. The second kappa shape index (κ2) is 8.16. The quantitative estimate of drug-likeness (QED) is 0.320. The van der Waals surface area contributed by atoms with E-state index in [9.17, 15) is 0 Å². The number of amidine groups is 1. The van der Waals surface area contributed by atoms with Crippen LogP contribution in [0.1, 0.15) is 47.0 Å². The lowest BCUT2D eigenvalue weighted by Crippen LogP contribution is -2.63. The lowest BCUT2D eigenvalue weighted by atomic mass is 9.75. The van der Waals surface area contributed by atoms with Crippen molar-refractivity contribution in [3.63, 3.8) is 0 Å². The van der Waals surface area contributed by atoms with Crippen LogP contribution in [0, 0.1) is 17.2 Å². The summed E-state index contributed by atoms with van der Waals surface area (Å²) in [5, 5.41) is 20.5. The van der Waals surface area contributed by atoms with Gasteiger partial charge in [0.2, 0.25) is 5.96 Å². The van der Waals surface area contributed by atoms with Crippen molar-refractivity contribution in [1.82, 2.24) is 21.0 Å². The van der Waals surface area contributed by atoms with Crippen LogP contribution in [0.25, 0.3) is 0 Å². The molecule has 26 heavy (non-hydrogen) atoms. The zero-order chi connectivity index (χ0) is 19.4. The molecule has 8 heteroatoms. The minimum atomic E-state index is -0.411. The minimum Gasteiger partial charge on any atom is -0.353 e. The Labute approximate surface area is 156 Å². The van der Waals surface area contributed by atoms with Gasteiger partial charge in [0.15, 0.2) is 6.29 Å². The van der Waals surface area contributed by atoms with Crippen molar-refractivity contribution < 1.29 is 0 Å². The molecule has 0 spiro atoms. The second-order valence-corrected chi connectivity index (χ2v) is 8.23. The zero-order valence-corrected chi connectivity index (χ0v) is 16.3. The van der Waals surface area contributed by atoms with E-state index < -0.39 is 6.29 Å². The molecule has 0 bridgehead atoms. The van der Waals surface area contributed by atoms with Gasteiger partial charge in [0.25, 0.3) is 0 Å². The first-order valence-electron chi connectivity index (χ1n) is 9.12. The highest BCUT2D eigenvalue weighted by atomic mass is 15.6. The number of nitrogens with one attached hydrogen (secondary N) is 3. The van der Waals surface area contributed by atoms with Gasteiger partial charge in [-0.05, 0) is 40.5 Å². The van der Waals surface area contributed by atoms with Crippen molar-refractivity contribution in [2.45, 2.75) is 64.3 Å². The zero-order valence-electron chi connectivity index (χ0n) is 16.3. The summed E-state index contributed by atoms with van der Waals surface area (Å²) < 4.78 is 0. The maximum Gasteiger partial charge on any atom is 0.223 e. The number of nitrogens with zero attached hydrogens (tertiary/aromatic N) is 4. The summed E-state index contributed by atoms with van der Waals surface area (Å²) in [6, 6.07) is 2.12. The summed E-state index contributed by atoms with van der Waals surface area (Å²) in [6.07, 6.45) is 3.62. The largest absolute Gasteiger partial charge is 0.353 e. The molecule has 1 atom stereocenters. The van der Waals surface area contributed by atoms with Crippen LogP contribution >= 0.6 is 0 Å². The highest BCUT2D eigenvalue weighted by Crippen LogP contribution is 2.34. The van der Waals surface area contributed by atoms with Gasteiger partial charge in [-0.3, -0.25) is 10.3 Å². The second-order valence-electron chi connectivity index (χ2n) is 8.23. The van der Waals surface area contributed by atoms with Gasteiger partial charge in [0, 0.05) is 30.1 Å². The van der Waals surface area contributed by atoms with Gasteiger partial charge >= 0.3 is 0 Å². The van der Waals surface area contributed by atoms with Crippen LogP contribution in [0.3, 0.4) is 0 Å². The molecule has 0 saturated carbocycles. The average molecular weight is 361 g/mol. The smallest absolute Gasteiger partial charge is 0.223 e. The summed E-state index contributed by atoms with van der Waals surface area (Å²) in [6.45, 7) is 13.7. The fourth-order valence-electron chi connectivity index (χ4n) is 3.95.